The third-order valence-electron chi connectivity index (χ3n) is 5.32. The molecular formula is C28H42Cl2SiZr. The van der Waals surface area contributed by atoms with Gasteiger partial charge in [-0.1, -0.05) is 83.5 Å². The van der Waals surface area contributed by atoms with E-state index in [-0.39, 0.29) is 63.9 Å². The maximum atomic E-state index is 2.99. The van der Waals surface area contributed by atoms with Crippen LogP contribution in [0.4, 0.5) is 0 Å². The van der Waals surface area contributed by atoms with Crippen LogP contribution in [0, 0.1) is 31.8 Å². The average Bonchev–Trinajstić information content (AvgIpc) is 3.33. The largest absolute Gasteiger partial charge is 3.00 e. The predicted molar refractivity (Wildman–Crippen MR) is 148 cm³/mol. The maximum absolute atomic E-state index is 2.99. The molecule has 3 aliphatic rings. The van der Waals surface area contributed by atoms with Crippen molar-refractivity contribution in [1.29, 1.82) is 0 Å². The minimum atomic E-state index is 0. The quantitative estimate of drug-likeness (QED) is 0.235. The van der Waals surface area contributed by atoms with E-state index in [4.69, 9.17) is 0 Å². The normalized spacial score (nSPS) is 21.3. The Kier molecular flexibility index (Phi) is 20.5. The first kappa shape index (κ1) is 36.3. The van der Waals surface area contributed by atoms with E-state index in [0.717, 1.165) is 21.9 Å². The minimum Gasteiger partial charge on any atom is -0.358 e. The number of rotatable bonds is 1. The third kappa shape index (κ3) is 11.2. The summed E-state index contributed by atoms with van der Waals surface area (Å²) in [6, 6.07) is 9.29. The summed E-state index contributed by atoms with van der Waals surface area (Å²) in [7, 11) is 0.750. The fraction of sp³-hybridized carbons (Fsp3) is 0.429. The summed E-state index contributed by atoms with van der Waals surface area (Å²) in [6.07, 6.45) is 20.7. The van der Waals surface area contributed by atoms with Crippen LogP contribution in [0.1, 0.15) is 57.6 Å². The molecule has 0 nitrogen and oxygen atoms in total. The summed E-state index contributed by atoms with van der Waals surface area (Å²) in [5.74, 6) is 1.98. The van der Waals surface area contributed by atoms with Gasteiger partial charge in [-0.15, -0.1) is 37.3 Å². The Bertz CT molecular complexity index is 717. The number of halogens is 2. The molecule has 176 valence electrons. The van der Waals surface area contributed by atoms with Crippen molar-refractivity contribution < 1.29 is 26.2 Å². The zero-order valence-corrected chi connectivity index (χ0v) is 26.1. The molecule has 2 radical (unpaired) electrons. The molecule has 4 rings (SSSR count). The monoisotopic (exact) mass is 566 g/mol. The summed E-state index contributed by atoms with van der Waals surface area (Å²) in [6.45, 7) is 13.6. The van der Waals surface area contributed by atoms with Crippen LogP contribution in [0.2, 0.25) is 13.1 Å². The molecule has 0 aliphatic heterocycles. The number of hydrogen-bond donors (Lipinski definition) is 0. The van der Waals surface area contributed by atoms with Crippen LogP contribution in [-0.4, -0.2) is 9.52 Å². The van der Waals surface area contributed by atoms with Crippen molar-refractivity contribution in [2.45, 2.75) is 65.0 Å². The predicted octanol–water partition coefficient (Wildman–Crippen LogP) is 8.54. The van der Waals surface area contributed by atoms with Crippen molar-refractivity contribution in [2.24, 2.45) is 11.8 Å². The molecule has 0 saturated heterocycles. The second-order valence-corrected chi connectivity index (χ2v) is 10.2. The standard InChI is InChI=1S/C20H25.C5H5.C2H7Si.CH3.2ClH.Zr/c1-14-12-16-6-5-7-18(19(16)13-14)15-8-10-17(11-9-15)20(2,3)4;1-2-4-5-3-1;1-3-2;;;;/h5-12,14,18-19H,13H2,1-4H3;1-3H,4H2;3H,1-2H3;1H3;2*1H;/q2*-1;;-1;;;+3. The fourth-order valence-corrected chi connectivity index (χ4v) is 3.90. The molecule has 3 unspecified atom stereocenters. The van der Waals surface area contributed by atoms with Crippen molar-refractivity contribution in [3.63, 3.8) is 0 Å². The van der Waals surface area contributed by atoms with Crippen LogP contribution in [0.15, 0.2) is 66.3 Å². The fourth-order valence-electron chi connectivity index (χ4n) is 3.90. The van der Waals surface area contributed by atoms with Gasteiger partial charge in [0, 0.05) is 15.4 Å². The van der Waals surface area contributed by atoms with E-state index in [1.807, 2.05) is 12.2 Å². The molecule has 0 N–H and O–H groups in total. The second kappa shape index (κ2) is 18.1. The Labute approximate surface area is 233 Å². The number of hydrogen-bond acceptors (Lipinski definition) is 0. The van der Waals surface area contributed by atoms with E-state index in [1.165, 1.54) is 17.5 Å². The van der Waals surface area contributed by atoms with Gasteiger partial charge in [-0.2, -0.15) is 6.08 Å². The van der Waals surface area contributed by atoms with E-state index >= 15 is 0 Å². The van der Waals surface area contributed by atoms with Crippen LogP contribution in [0.25, 0.3) is 0 Å². The van der Waals surface area contributed by atoms with Crippen molar-refractivity contribution in [3.8, 4) is 0 Å². The Morgan fingerprint density at radius 1 is 1.03 bits per heavy atom. The minimum absolute atomic E-state index is 0. The summed E-state index contributed by atoms with van der Waals surface area (Å²) in [4.78, 5) is 0. The Morgan fingerprint density at radius 3 is 2.06 bits per heavy atom. The zero-order valence-electron chi connectivity index (χ0n) is 20.9. The average molecular weight is 569 g/mol. The van der Waals surface area contributed by atoms with Gasteiger partial charge >= 0.3 is 26.2 Å². The van der Waals surface area contributed by atoms with E-state index in [1.54, 1.807) is 5.57 Å². The Hall–Kier alpha value is -0.270. The van der Waals surface area contributed by atoms with E-state index in [9.17, 15) is 0 Å². The van der Waals surface area contributed by atoms with E-state index in [2.05, 4.69) is 102 Å². The molecule has 1 aromatic carbocycles. The van der Waals surface area contributed by atoms with Crippen LogP contribution in [0.3, 0.4) is 0 Å². The first-order chi connectivity index (χ1) is 13.4. The van der Waals surface area contributed by atoms with Gasteiger partial charge in [-0.3, -0.25) is 6.08 Å². The van der Waals surface area contributed by atoms with Gasteiger partial charge in [0.1, 0.15) is 0 Å². The van der Waals surface area contributed by atoms with Crippen LogP contribution in [0.5, 0.6) is 0 Å². The number of fused-ring (bicyclic) bond motifs is 1. The van der Waals surface area contributed by atoms with E-state index < -0.39 is 0 Å². The Morgan fingerprint density at radius 2 is 1.62 bits per heavy atom. The second-order valence-electron chi connectivity index (χ2n) is 9.02. The SMILES string of the molecule is CC1[CH-]C2=CC=CC(c3ccc(C(C)(C)C)cc3)C2C1.C[SiH]C.Cl.Cl.[C-]1=CC=CC1.[CH3-].[Zr+3]. The van der Waals surface area contributed by atoms with Crippen molar-refractivity contribution >= 4 is 34.3 Å². The van der Waals surface area contributed by atoms with Gasteiger partial charge in [0.25, 0.3) is 0 Å². The number of benzene rings is 1. The smallest absolute Gasteiger partial charge is 0.358 e. The molecule has 0 spiro atoms. The molecule has 0 heterocycles. The van der Waals surface area contributed by atoms with Crippen molar-refractivity contribution in [3.05, 3.63) is 97.3 Å². The summed E-state index contributed by atoms with van der Waals surface area (Å²) >= 11 is 0. The molecule has 1 saturated carbocycles. The molecule has 0 bridgehead atoms. The summed E-state index contributed by atoms with van der Waals surface area (Å²) in [5, 5.41) is 0. The third-order valence-corrected chi connectivity index (χ3v) is 5.32. The first-order valence-corrected chi connectivity index (χ1v) is 13.0. The van der Waals surface area contributed by atoms with E-state index in [0.29, 0.717) is 11.8 Å². The first-order valence-electron chi connectivity index (χ1n) is 10.7. The van der Waals surface area contributed by atoms with Gasteiger partial charge in [0.2, 0.25) is 0 Å². The van der Waals surface area contributed by atoms with Crippen molar-refractivity contribution in [1.82, 2.24) is 0 Å². The molecule has 1 aromatic rings. The molecule has 4 heteroatoms. The van der Waals surface area contributed by atoms with Gasteiger partial charge < -0.3 is 7.43 Å². The van der Waals surface area contributed by atoms with Crippen LogP contribution >= 0.6 is 24.8 Å². The molecule has 32 heavy (non-hydrogen) atoms. The summed E-state index contributed by atoms with van der Waals surface area (Å²) in [5.41, 5.74) is 4.67. The summed E-state index contributed by atoms with van der Waals surface area (Å²) < 4.78 is 0. The molecule has 3 atom stereocenters. The van der Waals surface area contributed by atoms with Gasteiger partial charge in [0.05, 0.1) is 0 Å². The number of allylic oxidation sites excluding steroid dienone is 8. The van der Waals surface area contributed by atoms with Gasteiger partial charge in [0.15, 0.2) is 0 Å². The molecule has 0 aromatic heterocycles. The van der Waals surface area contributed by atoms with Crippen LogP contribution < -0.4 is 0 Å². The zero-order chi connectivity index (χ0) is 20.6. The van der Waals surface area contributed by atoms with Gasteiger partial charge in [-0.25, -0.2) is 30.2 Å². The molecule has 1 fully saturated rings. The van der Waals surface area contributed by atoms with Crippen molar-refractivity contribution in [2.75, 3.05) is 0 Å². The van der Waals surface area contributed by atoms with Gasteiger partial charge in [-0.05, 0) is 22.5 Å². The van der Waals surface area contributed by atoms with Crippen LogP contribution in [-0.2, 0) is 31.6 Å². The molecular weight excluding hydrogens is 527 g/mol. The topological polar surface area (TPSA) is 0 Å². The maximum Gasteiger partial charge on any atom is 3.00 e. The Balaban J connectivity index is -0.000000605. The molecule has 0 amide bonds. The molecule has 3 aliphatic carbocycles.